The van der Waals surface area contributed by atoms with Crippen LogP contribution in [0.3, 0.4) is 0 Å². The number of H-pyrrole nitrogens is 1. The maximum atomic E-state index is 11.7. The number of carbonyl (C=O) groups excluding carboxylic acids is 1. The van der Waals surface area contributed by atoms with Gasteiger partial charge in [-0.15, -0.1) is 0 Å². The molecule has 0 aromatic carbocycles. The van der Waals surface area contributed by atoms with Gasteiger partial charge >= 0.3 is 5.97 Å². The van der Waals surface area contributed by atoms with E-state index in [9.17, 15) is 9.59 Å². The Bertz CT molecular complexity index is 686. The van der Waals surface area contributed by atoms with E-state index in [1.807, 2.05) is 0 Å². The van der Waals surface area contributed by atoms with Crippen LogP contribution in [0.2, 0.25) is 0 Å². The third-order valence-electron chi connectivity index (χ3n) is 2.25. The van der Waals surface area contributed by atoms with Gasteiger partial charge in [-0.2, -0.15) is 0 Å². The van der Waals surface area contributed by atoms with Gasteiger partial charge in [-0.25, -0.2) is 14.8 Å². The number of rotatable bonds is 4. The molecule has 0 aliphatic rings. The molecule has 20 heavy (non-hydrogen) atoms. The summed E-state index contributed by atoms with van der Waals surface area (Å²) in [7, 11) is 0. The zero-order valence-electron chi connectivity index (χ0n) is 10.6. The summed E-state index contributed by atoms with van der Waals surface area (Å²) < 4.78 is 4.90. The molecule has 2 rings (SSSR count). The summed E-state index contributed by atoms with van der Waals surface area (Å²) in [5.74, 6) is -0.510. The molecule has 0 saturated heterocycles. The van der Waals surface area contributed by atoms with Crippen molar-refractivity contribution in [3.05, 3.63) is 40.4 Å². The van der Waals surface area contributed by atoms with Gasteiger partial charge in [-0.05, 0) is 24.8 Å². The second kappa shape index (κ2) is 6.20. The fraction of sp³-hybridized carbons (Fsp3) is 0.167. The molecule has 0 unspecified atom stereocenters. The van der Waals surface area contributed by atoms with E-state index in [1.54, 1.807) is 6.92 Å². The first-order valence-corrected chi connectivity index (χ1v) is 6.57. The van der Waals surface area contributed by atoms with Crippen molar-refractivity contribution < 1.29 is 9.53 Å². The van der Waals surface area contributed by atoms with Crippen LogP contribution >= 0.6 is 11.8 Å². The van der Waals surface area contributed by atoms with Crippen LogP contribution in [0.1, 0.15) is 17.3 Å². The van der Waals surface area contributed by atoms with Gasteiger partial charge < -0.3 is 15.5 Å². The summed E-state index contributed by atoms with van der Waals surface area (Å²) in [6.45, 7) is 1.97. The largest absolute Gasteiger partial charge is 0.462 e. The van der Waals surface area contributed by atoms with Crippen molar-refractivity contribution in [3.8, 4) is 0 Å². The Hall–Kier alpha value is -2.35. The second-order valence-corrected chi connectivity index (χ2v) is 4.68. The van der Waals surface area contributed by atoms with E-state index in [-0.39, 0.29) is 23.4 Å². The number of ether oxygens (including phenoxy) is 1. The Balaban J connectivity index is 2.27. The Labute approximate surface area is 118 Å². The van der Waals surface area contributed by atoms with E-state index in [2.05, 4.69) is 15.0 Å². The van der Waals surface area contributed by atoms with Crippen molar-refractivity contribution in [2.24, 2.45) is 0 Å². The van der Waals surface area contributed by atoms with Gasteiger partial charge in [0.2, 0.25) is 0 Å². The molecule has 0 aliphatic heterocycles. The summed E-state index contributed by atoms with van der Waals surface area (Å²) >= 11 is 1.12. The van der Waals surface area contributed by atoms with E-state index < -0.39 is 5.97 Å². The summed E-state index contributed by atoms with van der Waals surface area (Å²) in [6, 6.07) is 2.81. The van der Waals surface area contributed by atoms with E-state index in [0.717, 1.165) is 11.8 Å². The van der Waals surface area contributed by atoms with E-state index in [4.69, 9.17) is 10.5 Å². The number of pyridine rings is 1. The molecule has 8 heteroatoms. The molecule has 0 saturated carbocycles. The van der Waals surface area contributed by atoms with Gasteiger partial charge in [-0.3, -0.25) is 4.79 Å². The summed E-state index contributed by atoms with van der Waals surface area (Å²) in [5, 5.41) is 0.862. The Kier molecular flexibility index (Phi) is 4.36. The highest BCUT2D eigenvalue weighted by molar-refractivity contribution is 7.99. The van der Waals surface area contributed by atoms with Gasteiger partial charge in [-0.1, -0.05) is 0 Å². The molecule has 3 N–H and O–H groups in total. The van der Waals surface area contributed by atoms with Gasteiger partial charge in [0.05, 0.1) is 24.1 Å². The van der Waals surface area contributed by atoms with Crippen molar-refractivity contribution in [3.63, 3.8) is 0 Å². The normalized spacial score (nSPS) is 10.2. The lowest BCUT2D eigenvalue weighted by Crippen LogP contribution is -2.09. The predicted molar refractivity (Wildman–Crippen MR) is 73.6 cm³/mol. The van der Waals surface area contributed by atoms with Crippen molar-refractivity contribution in [2.75, 3.05) is 12.3 Å². The number of aromatic amines is 1. The standard InChI is InChI=1S/C12H12N4O3S/c1-2-19-11(18)7-5-10(15-6-8(7)13)20-12-14-4-3-9(17)16-12/h3-6H,2,13H2,1H3,(H,14,16,17). The first kappa shape index (κ1) is 14.1. The Morgan fingerprint density at radius 2 is 2.30 bits per heavy atom. The monoisotopic (exact) mass is 292 g/mol. The maximum absolute atomic E-state index is 11.7. The van der Waals surface area contributed by atoms with Crippen LogP contribution in [0.25, 0.3) is 0 Å². The van der Waals surface area contributed by atoms with Crippen LogP contribution < -0.4 is 11.3 Å². The lowest BCUT2D eigenvalue weighted by Gasteiger charge is -2.06. The third kappa shape index (κ3) is 3.35. The van der Waals surface area contributed by atoms with Crippen molar-refractivity contribution in [1.82, 2.24) is 15.0 Å². The third-order valence-corrected chi connectivity index (χ3v) is 3.09. The molecule has 2 heterocycles. The molecule has 2 aromatic heterocycles. The van der Waals surface area contributed by atoms with E-state index in [0.29, 0.717) is 10.2 Å². The lowest BCUT2D eigenvalue weighted by atomic mass is 10.2. The summed E-state index contributed by atoms with van der Waals surface area (Å²) in [4.78, 5) is 33.5. The number of nitrogens with zero attached hydrogens (tertiary/aromatic N) is 2. The quantitative estimate of drug-likeness (QED) is 0.640. The SMILES string of the molecule is CCOC(=O)c1cc(Sc2nccc(=O)[nH]2)ncc1N. The minimum absolute atomic E-state index is 0.238. The number of nitrogens with one attached hydrogen (secondary N) is 1. The van der Waals surface area contributed by atoms with Crippen molar-refractivity contribution in [2.45, 2.75) is 17.1 Å². The highest BCUT2D eigenvalue weighted by Gasteiger charge is 2.13. The van der Waals surface area contributed by atoms with Gasteiger partial charge in [0.1, 0.15) is 5.03 Å². The van der Waals surface area contributed by atoms with Gasteiger partial charge in [0.15, 0.2) is 5.16 Å². The zero-order chi connectivity index (χ0) is 14.5. The molecule has 104 valence electrons. The predicted octanol–water partition coefficient (Wildman–Crippen LogP) is 1.07. The molecule has 0 spiro atoms. The van der Waals surface area contributed by atoms with Gasteiger partial charge in [0, 0.05) is 12.3 Å². The minimum Gasteiger partial charge on any atom is -0.462 e. The molecule has 0 radical (unpaired) electrons. The number of esters is 1. The Morgan fingerprint density at radius 1 is 1.50 bits per heavy atom. The van der Waals surface area contributed by atoms with E-state index in [1.165, 1.54) is 24.5 Å². The molecule has 0 bridgehead atoms. The molecular formula is C12H12N4O3S. The number of hydrogen-bond donors (Lipinski definition) is 2. The lowest BCUT2D eigenvalue weighted by molar-refractivity contribution is 0.0527. The molecular weight excluding hydrogens is 280 g/mol. The van der Waals surface area contributed by atoms with Crippen LogP contribution in [-0.4, -0.2) is 27.5 Å². The highest BCUT2D eigenvalue weighted by Crippen LogP contribution is 2.24. The molecule has 2 aromatic rings. The van der Waals surface area contributed by atoms with Crippen LogP contribution in [0, 0.1) is 0 Å². The highest BCUT2D eigenvalue weighted by atomic mass is 32.2. The van der Waals surface area contributed by atoms with Crippen molar-refractivity contribution in [1.29, 1.82) is 0 Å². The first-order chi connectivity index (χ1) is 9.60. The summed E-state index contributed by atoms with van der Waals surface area (Å²) in [6.07, 6.45) is 2.76. The smallest absolute Gasteiger partial charge is 0.340 e. The van der Waals surface area contributed by atoms with Gasteiger partial charge in [0.25, 0.3) is 5.56 Å². The molecule has 7 nitrogen and oxygen atoms in total. The van der Waals surface area contributed by atoms with Crippen LogP contribution in [0.5, 0.6) is 0 Å². The number of carbonyl (C=O) groups is 1. The van der Waals surface area contributed by atoms with E-state index >= 15 is 0 Å². The Morgan fingerprint density at radius 3 is 3.00 bits per heavy atom. The number of aromatic nitrogens is 3. The molecule has 0 atom stereocenters. The molecule has 0 amide bonds. The molecule has 0 fully saturated rings. The minimum atomic E-state index is -0.510. The summed E-state index contributed by atoms with van der Waals surface area (Å²) in [5.41, 5.74) is 5.91. The van der Waals surface area contributed by atoms with Crippen molar-refractivity contribution >= 4 is 23.4 Å². The van der Waals surface area contributed by atoms with Crippen LogP contribution in [0.4, 0.5) is 5.69 Å². The maximum Gasteiger partial charge on any atom is 0.340 e. The number of hydrogen-bond acceptors (Lipinski definition) is 7. The number of nitrogen functional groups attached to an aromatic ring is 1. The fourth-order valence-electron chi connectivity index (χ4n) is 1.39. The van der Waals surface area contributed by atoms with Crippen LogP contribution in [-0.2, 0) is 4.74 Å². The average molecular weight is 292 g/mol. The fourth-order valence-corrected chi connectivity index (χ4v) is 2.14. The van der Waals surface area contributed by atoms with Crippen LogP contribution in [0.15, 0.2) is 39.5 Å². The first-order valence-electron chi connectivity index (χ1n) is 5.76. The zero-order valence-corrected chi connectivity index (χ0v) is 11.4. The molecule has 0 aliphatic carbocycles. The number of nitrogens with two attached hydrogens (primary N) is 1. The second-order valence-electron chi connectivity index (χ2n) is 3.67. The average Bonchev–Trinajstić information content (AvgIpc) is 2.41. The topological polar surface area (TPSA) is 111 Å². The number of anilines is 1.